The molecule has 0 bridgehead atoms. The van der Waals surface area contributed by atoms with Crippen LogP contribution in [0.4, 0.5) is 0 Å². The van der Waals surface area contributed by atoms with E-state index in [4.69, 9.17) is 10.2 Å². The number of rotatable bonds is 4. The second kappa shape index (κ2) is 4.79. The van der Waals surface area contributed by atoms with E-state index >= 15 is 0 Å². The maximum absolute atomic E-state index is 10.9. The highest BCUT2D eigenvalue weighted by atomic mass is 16.4. The van der Waals surface area contributed by atoms with Crippen molar-refractivity contribution < 1.29 is 19.8 Å². The molecule has 0 atom stereocenters. The van der Waals surface area contributed by atoms with Gasteiger partial charge in [-0.25, -0.2) is 9.59 Å². The first kappa shape index (κ1) is 12.2. The Kier molecular flexibility index (Phi) is 3.66. The Morgan fingerprint density at radius 2 is 1.25 bits per heavy atom. The largest absolute Gasteiger partial charge is 0.478 e. The molecule has 0 aliphatic rings. The third-order valence-corrected chi connectivity index (χ3v) is 2.56. The van der Waals surface area contributed by atoms with Crippen LogP contribution < -0.4 is 0 Å². The van der Waals surface area contributed by atoms with Crippen molar-refractivity contribution in [1.82, 2.24) is 0 Å². The quantitative estimate of drug-likeness (QED) is 0.819. The SMILES string of the molecule is CCc1cc(C(=O)O)c(C(=O)O)cc1CC. The maximum Gasteiger partial charge on any atom is 0.336 e. The summed E-state index contributed by atoms with van der Waals surface area (Å²) in [5.74, 6) is -2.40. The molecule has 4 heteroatoms. The zero-order chi connectivity index (χ0) is 12.3. The molecule has 0 heterocycles. The number of aryl methyl sites for hydroxylation is 2. The first-order valence-electron chi connectivity index (χ1n) is 5.13. The standard InChI is InChI=1S/C12H14O4/c1-3-7-5-9(11(13)14)10(12(15)16)6-8(7)4-2/h5-6H,3-4H2,1-2H3,(H,13,14)(H,15,16). The summed E-state index contributed by atoms with van der Waals surface area (Å²) in [6.45, 7) is 3.83. The molecule has 1 aromatic carbocycles. The Hall–Kier alpha value is -1.84. The van der Waals surface area contributed by atoms with Crippen molar-refractivity contribution in [1.29, 1.82) is 0 Å². The van der Waals surface area contributed by atoms with Crippen molar-refractivity contribution in [3.63, 3.8) is 0 Å². The van der Waals surface area contributed by atoms with Gasteiger partial charge >= 0.3 is 11.9 Å². The van der Waals surface area contributed by atoms with Crippen LogP contribution in [0.25, 0.3) is 0 Å². The molecule has 0 unspecified atom stereocenters. The highest BCUT2D eigenvalue weighted by Gasteiger charge is 2.18. The Labute approximate surface area is 93.5 Å². The lowest BCUT2D eigenvalue weighted by molar-refractivity contribution is 0.0651. The topological polar surface area (TPSA) is 74.6 Å². The van der Waals surface area contributed by atoms with Gasteiger partial charge in [-0.15, -0.1) is 0 Å². The number of hydrogen-bond acceptors (Lipinski definition) is 2. The molecule has 0 fully saturated rings. The van der Waals surface area contributed by atoms with Crippen molar-refractivity contribution in [2.75, 3.05) is 0 Å². The normalized spacial score (nSPS) is 10.1. The lowest BCUT2D eigenvalue weighted by atomic mass is 9.95. The maximum atomic E-state index is 10.9. The average Bonchev–Trinajstić information content (AvgIpc) is 2.26. The highest BCUT2D eigenvalue weighted by molar-refractivity contribution is 6.02. The molecular weight excluding hydrogens is 208 g/mol. The van der Waals surface area contributed by atoms with Crippen molar-refractivity contribution in [2.45, 2.75) is 26.7 Å². The van der Waals surface area contributed by atoms with Crippen LogP contribution in [0.15, 0.2) is 12.1 Å². The second-order valence-corrected chi connectivity index (χ2v) is 3.48. The fourth-order valence-corrected chi connectivity index (χ4v) is 1.70. The molecular formula is C12H14O4. The van der Waals surface area contributed by atoms with Crippen molar-refractivity contribution in [2.24, 2.45) is 0 Å². The van der Waals surface area contributed by atoms with E-state index in [1.54, 1.807) is 0 Å². The Morgan fingerprint density at radius 3 is 1.44 bits per heavy atom. The molecule has 4 nitrogen and oxygen atoms in total. The van der Waals surface area contributed by atoms with E-state index < -0.39 is 11.9 Å². The Balaban J connectivity index is 3.47. The Morgan fingerprint density at radius 1 is 0.938 bits per heavy atom. The van der Waals surface area contributed by atoms with Gasteiger partial charge in [0.15, 0.2) is 0 Å². The van der Waals surface area contributed by atoms with Crippen molar-refractivity contribution in [3.8, 4) is 0 Å². The molecule has 0 aliphatic carbocycles. The van der Waals surface area contributed by atoms with Gasteiger partial charge in [0.05, 0.1) is 11.1 Å². The minimum atomic E-state index is -1.20. The lowest BCUT2D eigenvalue weighted by Crippen LogP contribution is -2.10. The van der Waals surface area contributed by atoms with Crippen LogP contribution in [0.3, 0.4) is 0 Å². The molecule has 1 aromatic rings. The molecule has 2 N–H and O–H groups in total. The molecule has 0 saturated heterocycles. The van der Waals surface area contributed by atoms with Crippen LogP contribution in [-0.2, 0) is 12.8 Å². The van der Waals surface area contributed by atoms with Crippen LogP contribution >= 0.6 is 0 Å². The van der Waals surface area contributed by atoms with Crippen LogP contribution in [0.2, 0.25) is 0 Å². The summed E-state index contributed by atoms with van der Waals surface area (Å²) in [5, 5.41) is 17.9. The molecule has 0 aliphatic heterocycles. The molecule has 0 amide bonds. The third-order valence-electron chi connectivity index (χ3n) is 2.56. The van der Waals surface area contributed by atoms with Gasteiger partial charge < -0.3 is 10.2 Å². The summed E-state index contributed by atoms with van der Waals surface area (Å²) < 4.78 is 0. The number of aromatic carboxylic acids is 2. The summed E-state index contributed by atoms with van der Waals surface area (Å²) in [7, 11) is 0. The number of carboxylic acids is 2. The van der Waals surface area contributed by atoms with E-state index in [0.29, 0.717) is 12.8 Å². The number of carbonyl (C=O) groups is 2. The first-order chi connectivity index (χ1) is 7.51. The fourth-order valence-electron chi connectivity index (χ4n) is 1.70. The third kappa shape index (κ3) is 2.21. The van der Waals surface area contributed by atoms with E-state index in [1.165, 1.54) is 12.1 Å². The van der Waals surface area contributed by atoms with Gasteiger partial charge in [0.1, 0.15) is 0 Å². The molecule has 0 saturated carbocycles. The number of hydrogen-bond donors (Lipinski definition) is 2. The summed E-state index contributed by atoms with van der Waals surface area (Å²) in [4.78, 5) is 21.9. The van der Waals surface area contributed by atoms with E-state index in [0.717, 1.165) is 11.1 Å². The van der Waals surface area contributed by atoms with E-state index in [-0.39, 0.29) is 11.1 Å². The zero-order valence-electron chi connectivity index (χ0n) is 9.28. The van der Waals surface area contributed by atoms with Crippen LogP contribution in [0, 0.1) is 0 Å². The smallest absolute Gasteiger partial charge is 0.336 e. The minimum Gasteiger partial charge on any atom is -0.478 e. The molecule has 86 valence electrons. The van der Waals surface area contributed by atoms with E-state index in [2.05, 4.69) is 0 Å². The molecule has 1 rings (SSSR count). The monoisotopic (exact) mass is 222 g/mol. The number of benzene rings is 1. The van der Waals surface area contributed by atoms with Crippen LogP contribution in [0.1, 0.15) is 45.7 Å². The van der Waals surface area contributed by atoms with Gasteiger partial charge in [0, 0.05) is 0 Å². The van der Waals surface area contributed by atoms with Crippen molar-refractivity contribution in [3.05, 3.63) is 34.4 Å². The van der Waals surface area contributed by atoms with Gasteiger partial charge in [-0.3, -0.25) is 0 Å². The highest BCUT2D eigenvalue weighted by Crippen LogP contribution is 2.19. The molecule has 0 aromatic heterocycles. The van der Waals surface area contributed by atoms with Crippen LogP contribution in [-0.4, -0.2) is 22.2 Å². The molecule has 0 radical (unpaired) electrons. The van der Waals surface area contributed by atoms with Gasteiger partial charge in [-0.2, -0.15) is 0 Å². The first-order valence-corrected chi connectivity index (χ1v) is 5.13. The summed E-state index contributed by atoms with van der Waals surface area (Å²) in [5.41, 5.74) is 1.51. The Bertz CT molecular complexity index is 394. The van der Waals surface area contributed by atoms with Gasteiger partial charge in [-0.1, -0.05) is 13.8 Å². The van der Waals surface area contributed by atoms with Gasteiger partial charge in [-0.05, 0) is 36.1 Å². The lowest BCUT2D eigenvalue weighted by Gasteiger charge is -2.10. The summed E-state index contributed by atoms with van der Waals surface area (Å²) in [6.07, 6.45) is 1.40. The molecule has 0 spiro atoms. The van der Waals surface area contributed by atoms with Gasteiger partial charge in [0.25, 0.3) is 0 Å². The van der Waals surface area contributed by atoms with E-state index in [9.17, 15) is 9.59 Å². The minimum absolute atomic E-state index is 0.137. The summed E-state index contributed by atoms with van der Waals surface area (Å²) in [6, 6.07) is 2.93. The zero-order valence-corrected chi connectivity index (χ0v) is 9.28. The fraction of sp³-hybridized carbons (Fsp3) is 0.333. The average molecular weight is 222 g/mol. The number of carboxylic acid groups (broad SMARTS) is 2. The summed E-state index contributed by atoms with van der Waals surface area (Å²) >= 11 is 0. The van der Waals surface area contributed by atoms with Crippen molar-refractivity contribution >= 4 is 11.9 Å². The van der Waals surface area contributed by atoms with Gasteiger partial charge in [0.2, 0.25) is 0 Å². The van der Waals surface area contributed by atoms with Crippen LogP contribution in [0.5, 0.6) is 0 Å². The predicted octanol–water partition coefficient (Wildman–Crippen LogP) is 2.21. The molecule has 16 heavy (non-hydrogen) atoms. The van der Waals surface area contributed by atoms with E-state index in [1.807, 2.05) is 13.8 Å². The second-order valence-electron chi connectivity index (χ2n) is 3.48. The predicted molar refractivity (Wildman–Crippen MR) is 59.1 cm³/mol.